The summed E-state index contributed by atoms with van der Waals surface area (Å²) < 4.78 is 26.5. The molecule has 0 bridgehead atoms. The van der Waals surface area contributed by atoms with Crippen molar-refractivity contribution in [3.05, 3.63) is 92.7 Å². The highest BCUT2D eigenvalue weighted by atomic mass is 79.9. The van der Waals surface area contributed by atoms with E-state index in [0.717, 1.165) is 5.56 Å². The standard InChI is InChI=1S/C24H18BrClFNO2/c1-2-29-23-12-17(11-18(14-28)19-8-4-6-10-22(19)27)20(25)13-24(23)30-15-16-7-3-5-9-21(16)26/h3-13H,2,15H2,1H3. The van der Waals surface area contributed by atoms with Gasteiger partial charge in [-0.15, -0.1) is 0 Å². The monoisotopic (exact) mass is 485 g/mol. The summed E-state index contributed by atoms with van der Waals surface area (Å²) in [5.74, 6) is 0.598. The molecule has 0 N–H and O–H groups in total. The van der Waals surface area contributed by atoms with Crippen LogP contribution in [0.1, 0.15) is 23.6 Å². The fourth-order valence-electron chi connectivity index (χ4n) is 2.82. The summed E-state index contributed by atoms with van der Waals surface area (Å²) in [5.41, 5.74) is 1.97. The van der Waals surface area contributed by atoms with Crippen molar-refractivity contribution in [3.63, 3.8) is 0 Å². The van der Waals surface area contributed by atoms with E-state index < -0.39 is 5.82 Å². The number of nitriles is 1. The number of nitrogens with zero attached hydrogens (tertiary/aromatic N) is 1. The van der Waals surface area contributed by atoms with E-state index in [1.807, 2.05) is 25.1 Å². The number of hydrogen-bond donors (Lipinski definition) is 0. The lowest BCUT2D eigenvalue weighted by atomic mass is 10.0. The average molecular weight is 487 g/mol. The second kappa shape index (κ2) is 10.3. The first kappa shape index (κ1) is 21.9. The molecule has 0 fully saturated rings. The molecule has 0 aromatic heterocycles. The molecule has 0 heterocycles. The van der Waals surface area contributed by atoms with Crippen molar-refractivity contribution in [2.45, 2.75) is 13.5 Å². The first-order chi connectivity index (χ1) is 14.5. The number of ether oxygens (including phenoxy) is 2. The third-order valence-electron chi connectivity index (χ3n) is 4.29. The maximum atomic E-state index is 14.1. The first-order valence-electron chi connectivity index (χ1n) is 9.22. The van der Waals surface area contributed by atoms with E-state index in [0.29, 0.717) is 33.2 Å². The molecule has 30 heavy (non-hydrogen) atoms. The minimum atomic E-state index is -0.453. The zero-order chi connectivity index (χ0) is 21.5. The number of allylic oxidation sites excluding steroid dienone is 1. The fourth-order valence-corrected chi connectivity index (χ4v) is 3.45. The van der Waals surface area contributed by atoms with Crippen LogP contribution in [0, 0.1) is 17.1 Å². The van der Waals surface area contributed by atoms with Gasteiger partial charge in [0.25, 0.3) is 0 Å². The van der Waals surface area contributed by atoms with Gasteiger partial charge in [0, 0.05) is 20.6 Å². The molecule has 6 heteroatoms. The minimum absolute atomic E-state index is 0.209. The van der Waals surface area contributed by atoms with Crippen molar-refractivity contribution in [1.82, 2.24) is 0 Å². The molecule has 0 aliphatic carbocycles. The second-order valence-electron chi connectivity index (χ2n) is 6.28. The lowest BCUT2D eigenvalue weighted by molar-refractivity contribution is 0.269. The van der Waals surface area contributed by atoms with E-state index >= 15 is 0 Å². The van der Waals surface area contributed by atoms with E-state index in [2.05, 4.69) is 22.0 Å². The summed E-state index contributed by atoms with van der Waals surface area (Å²) in [4.78, 5) is 0. The zero-order valence-electron chi connectivity index (χ0n) is 16.2. The third-order valence-corrected chi connectivity index (χ3v) is 5.34. The van der Waals surface area contributed by atoms with E-state index in [4.69, 9.17) is 21.1 Å². The zero-order valence-corrected chi connectivity index (χ0v) is 18.5. The maximum Gasteiger partial charge on any atom is 0.162 e. The molecule has 0 amide bonds. The highest BCUT2D eigenvalue weighted by Crippen LogP contribution is 2.36. The molecule has 0 aliphatic heterocycles. The topological polar surface area (TPSA) is 42.2 Å². The minimum Gasteiger partial charge on any atom is -0.490 e. The highest BCUT2D eigenvalue weighted by molar-refractivity contribution is 9.10. The van der Waals surface area contributed by atoms with Crippen molar-refractivity contribution in [1.29, 1.82) is 5.26 Å². The van der Waals surface area contributed by atoms with Crippen molar-refractivity contribution in [2.75, 3.05) is 6.61 Å². The van der Waals surface area contributed by atoms with Gasteiger partial charge in [-0.1, -0.05) is 63.9 Å². The molecule has 0 aliphatic rings. The van der Waals surface area contributed by atoms with Gasteiger partial charge >= 0.3 is 0 Å². The van der Waals surface area contributed by atoms with E-state index in [1.165, 1.54) is 6.07 Å². The summed E-state index contributed by atoms with van der Waals surface area (Å²) in [6, 6.07) is 19.2. The van der Waals surface area contributed by atoms with Gasteiger partial charge < -0.3 is 9.47 Å². The summed E-state index contributed by atoms with van der Waals surface area (Å²) in [5, 5.41) is 10.2. The Morgan fingerprint density at radius 2 is 1.80 bits per heavy atom. The molecular formula is C24H18BrClFNO2. The molecule has 3 aromatic rings. The Hall–Kier alpha value is -2.81. The van der Waals surface area contributed by atoms with Gasteiger partial charge in [0.1, 0.15) is 12.4 Å². The Labute approximate surface area is 188 Å². The predicted octanol–water partition coefficient (Wildman–Crippen LogP) is 7.28. The van der Waals surface area contributed by atoms with Crippen LogP contribution in [0.5, 0.6) is 11.5 Å². The summed E-state index contributed by atoms with van der Waals surface area (Å²) >= 11 is 9.72. The Kier molecular flexibility index (Phi) is 7.51. The second-order valence-corrected chi connectivity index (χ2v) is 7.54. The molecule has 0 saturated heterocycles. The molecule has 152 valence electrons. The summed E-state index contributed by atoms with van der Waals surface area (Å²) in [6.07, 6.45) is 1.61. The molecule has 3 aromatic carbocycles. The number of halogens is 3. The van der Waals surface area contributed by atoms with Crippen molar-refractivity contribution in [3.8, 4) is 17.6 Å². The van der Waals surface area contributed by atoms with E-state index in [9.17, 15) is 9.65 Å². The molecule has 0 unspecified atom stereocenters. The average Bonchev–Trinajstić information content (AvgIpc) is 2.74. The normalized spacial score (nSPS) is 11.1. The van der Waals surface area contributed by atoms with Crippen molar-refractivity contribution in [2.24, 2.45) is 0 Å². The van der Waals surface area contributed by atoms with Crippen LogP contribution in [-0.4, -0.2) is 6.61 Å². The van der Waals surface area contributed by atoms with Crippen LogP contribution < -0.4 is 9.47 Å². The Balaban J connectivity index is 1.95. The van der Waals surface area contributed by atoms with Gasteiger partial charge in [-0.2, -0.15) is 5.26 Å². The van der Waals surface area contributed by atoms with Gasteiger partial charge in [-0.05, 0) is 42.8 Å². The smallest absolute Gasteiger partial charge is 0.162 e. The molecule has 3 nitrogen and oxygen atoms in total. The number of rotatable bonds is 7. The molecule has 0 atom stereocenters. The largest absolute Gasteiger partial charge is 0.490 e. The van der Waals surface area contributed by atoms with Gasteiger partial charge in [-0.25, -0.2) is 4.39 Å². The Bertz CT molecular complexity index is 1120. The number of hydrogen-bond acceptors (Lipinski definition) is 3. The molecule has 3 rings (SSSR count). The van der Waals surface area contributed by atoms with Gasteiger partial charge in [-0.3, -0.25) is 0 Å². The molecular weight excluding hydrogens is 469 g/mol. The van der Waals surface area contributed by atoms with Crippen LogP contribution in [0.3, 0.4) is 0 Å². The van der Waals surface area contributed by atoms with E-state index in [-0.39, 0.29) is 17.7 Å². The lowest BCUT2D eigenvalue weighted by Gasteiger charge is -2.15. The van der Waals surface area contributed by atoms with Crippen molar-refractivity contribution >= 4 is 39.2 Å². The van der Waals surface area contributed by atoms with Crippen LogP contribution in [-0.2, 0) is 6.61 Å². The quantitative estimate of drug-likeness (QED) is 0.260. The lowest BCUT2D eigenvalue weighted by Crippen LogP contribution is -2.01. The van der Waals surface area contributed by atoms with Crippen LogP contribution in [0.4, 0.5) is 4.39 Å². The van der Waals surface area contributed by atoms with Crippen LogP contribution in [0.2, 0.25) is 5.02 Å². The first-order valence-corrected chi connectivity index (χ1v) is 10.4. The maximum absolute atomic E-state index is 14.1. The van der Waals surface area contributed by atoms with Gasteiger partial charge in [0.15, 0.2) is 11.5 Å². The molecule has 0 saturated carbocycles. The van der Waals surface area contributed by atoms with E-state index in [1.54, 1.807) is 42.5 Å². The van der Waals surface area contributed by atoms with Crippen molar-refractivity contribution < 1.29 is 13.9 Å². The summed E-state index contributed by atoms with van der Waals surface area (Å²) in [6.45, 7) is 2.58. The van der Waals surface area contributed by atoms with Gasteiger partial charge in [0.2, 0.25) is 0 Å². The third kappa shape index (κ3) is 5.21. The fraction of sp³-hybridized carbons (Fsp3) is 0.125. The van der Waals surface area contributed by atoms with Crippen LogP contribution in [0.25, 0.3) is 11.6 Å². The Morgan fingerprint density at radius 1 is 1.10 bits per heavy atom. The predicted molar refractivity (Wildman–Crippen MR) is 121 cm³/mol. The SMILES string of the molecule is CCOc1cc(C=C(C#N)c2ccccc2F)c(Br)cc1OCc1ccccc1Cl. The number of benzene rings is 3. The Morgan fingerprint density at radius 3 is 2.50 bits per heavy atom. The molecule has 0 spiro atoms. The van der Waals surface area contributed by atoms with Crippen LogP contribution >= 0.6 is 27.5 Å². The van der Waals surface area contributed by atoms with Crippen LogP contribution in [0.15, 0.2) is 65.1 Å². The highest BCUT2D eigenvalue weighted by Gasteiger charge is 2.13. The summed E-state index contributed by atoms with van der Waals surface area (Å²) in [7, 11) is 0. The van der Waals surface area contributed by atoms with Gasteiger partial charge in [0.05, 0.1) is 18.2 Å². The molecule has 0 radical (unpaired) electrons.